The summed E-state index contributed by atoms with van der Waals surface area (Å²) in [6.45, 7) is 9.88. The van der Waals surface area contributed by atoms with Crippen LogP contribution in [0, 0.1) is 12.7 Å². The van der Waals surface area contributed by atoms with Crippen LogP contribution in [0.15, 0.2) is 42.5 Å². The van der Waals surface area contributed by atoms with Crippen molar-refractivity contribution in [3.8, 4) is 16.9 Å². The molecule has 0 spiro atoms. The van der Waals surface area contributed by atoms with Crippen LogP contribution in [0.25, 0.3) is 11.1 Å². The van der Waals surface area contributed by atoms with Gasteiger partial charge in [0.2, 0.25) is 0 Å². The molecule has 0 atom stereocenters. The Morgan fingerprint density at radius 1 is 0.850 bits per heavy atom. The predicted molar refractivity (Wildman–Crippen MR) is 85.8 cm³/mol. The van der Waals surface area contributed by atoms with Gasteiger partial charge in [-0.2, -0.15) is 0 Å². The summed E-state index contributed by atoms with van der Waals surface area (Å²) in [5.74, 6) is 0.585. The molecule has 0 aliphatic rings. The molecule has 2 heteroatoms. The Kier molecular flexibility index (Phi) is 9.10. The fourth-order valence-corrected chi connectivity index (χ4v) is 1.62. The second kappa shape index (κ2) is 10.0. The van der Waals surface area contributed by atoms with Crippen molar-refractivity contribution in [2.24, 2.45) is 0 Å². The molecule has 0 fully saturated rings. The van der Waals surface area contributed by atoms with Crippen LogP contribution in [0.5, 0.6) is 5.75 Å². The fourth-order valence-electron chi connectivity index (χ4n) is 1.62. The number of halogens is 1. The molecule has 0 amide bonds. The van der Waals surface area contributed by atoms with Crippen LogP contribution in [-0.2, 0) is 0 Å². The van der Waals surface area contributed by atoms with Crippen LogP contribution in [0.2, 0.25) is 0 Å². The van der Waals surface area contributed by atoms with Crippen molar-refractivity contribution < 1.29 is 9.13 Å². The van der Waals surface area contributed by atoms with Crippen LogP contribution in [-0.4, -0.2) is 7.11 Å². The van der Waals surface area contributed by atoms with E-state index in [4.69, 9.17) is 4.74 Å². The predicted octanol–water partition coefficient (Wildman–Crippen LogP) is 5.86. The molecule has 0 radical (unpaired) electrons. The van der Waals surface area contributed by atoms with E-state index in [9.17, 15) is 4.39 Å². The van der Waals surface area contributed by atoms with Crippen molar-refractivity contribution in [2.45, 2.75) is 34.6 Å². The van der Waals surface area contributed by atoms with Gasteiger partial charge in [-0.3, -0.25) is 0 Å². The van der Waals surface area contributed by atoms with E-state index in [1.54, 1.807) is 19.2 Å². The van der Waals surface area contributed by atoms with Crippen molar-refractivity contribution in [2.75, 3.05) is 7.11 Å². The molecule has 0 saturated heterocycles. The summed E-state index contributed by atoms with van der Waals surface area (Å²) in [6, 6.07) is 12.6. The number of ether oxygens (including phenoxy) is 1. The number of hydrogen-bond acceptors (Lipinski definition) is 1. The molecule has 2 aromatic carbocycles. The zero-order valence-electron chi connectivity index (χ0n) is 13.3. The average molecular weight is 276 g/mol. The second-order valence-corrected chi connectivity index (χ2v) is 3.71. The highest BCUT2D eigenvalue weighted by atomic mass is 19.1. The van der Waals surface area contributed by atoms with Crippen LogP contribution in [0.3, 0.4) is 0 Å². The number of hydrogen-bond donors (Lipinski definition) is 0. The highest BCUT2D eigenvalue weighted by Crippen LogP contribution is 2.25. The molecule has 110 valence electrons. The fraction of sp³-hybridized carbons (Fsp3) is 0.333. The normalized spacial score (nSPS) is 8.75. The third-order valence-electron chi connectivity index (χ3n) is 2.53. The summed E-state index contributed by atoms with van der Waals surface area (Å²) >= 11 is 0. The smallest absolute Gasteiger partial charge is 0.131 e. The Morgan fingerprint density at radius 2 is 1.40 bits per heavy atom. The summed E-state index contributed by atoms with van der Waals surface area (Å²) < 4.78 is 18.7. The van der Waals surface area contributed by atoms with E-state index in [1.807, 2.05) is 65.0 Å². The average Bonchev–Trinajstić information content (AvgIpc) is 2.51. The van der Waals surface area contributed by atoms with E-state index >= 15 is 0 Å². The quantitative estimate of drug-likeness (QED) is 0.667. The zero-order chi connectivity index (χ0) is 15.5. The van der Waals surface area contributed by atoms with Crippen LogP contribution >= 0.6 is 0 Å². The first-order chi connectivity index (χ1) is 9.70. The lowest BCUT2D eigenvalue weighted by molar-refractivity contribution is 0.415. The molecule has 0 unspecified atom stereocenters. The maximum atomic E-state index is 13.7. The molecule has 2 aromatic rings. The van der Waals surface area contributed by atoms with Crippen molar-refractivity contribution in [3.63, 3.8) is 0 Å². The molecule has 1 nitrogen and oxygen atoms in total. The molecule has 20 heavy (non-hydrogen) atoms. The van der Waals surface area contributed by atoms with Crippen LogP contribution in [0.1, 0.15) is 33.3 Å². The maximum absolute atomic E-state index is 13.7. The molecule has 2 rings (SSSR count). The monoisotopic (exact) mass is 276 g/mol. The van der Waals surface area contributed by atoms with Crippen molar-refractivity contribution >= 4 is 0 Å². The van der Waals surface area contributed by atoms with Crippen molar-refractivity contribution in [1.29, 1.82) is 0 Å². The molecule has 0 heterocycles. The molecule has 0 N–H and O–H groups in total. The van der Waals surface area contributed by atoms with Crippen molar-refractivity contribution in [3.05, 3.63) is 53.8 Å². The van der Waals surface area contributed by atoms with Gasteiger partial charge in [-0.15, -0.1) is 0 Å². The lowest BCUT2D eigenvalue weighted by Gasteiger charge is -2.05. The molecule has 0 saturated carbocycles. The molecule has 0 bridgehead atoms. The molecular weight excluding hydrogens is 251 g/mol. The molecule has 0 aromatic heterocycles. The molecule has 0 aliphatic heterocycles. The standard InChI is InChI=1S/C14H13FO.2C2H6/c1-10-3-8-13(14(15)9-10)11-4-6-12(16-2)7-5-11;2*1-2/h3-9H,1-2H3;2*1-2H3. The minimum Gasteiger partial charge on any atom is -0.497 e. The third kappa shape index (κ3) is 5.04. The van der Waals surface area contributed by atoms with E-state index in [2.05, 4.69) is 0 Å². The summed E-state index contributed by atoms with van der Waals surface area (Å²) in [5.41, 5.74) is 2.40. The summed E-state index contributed by atoms with van der Waals surface area (Å²) in [6.07, 6.45) is 0. The maximum Gasteiger partial charge on any atom is 0.131 e. The molecular formula is C18H25FO. The van der Waals surface area contributed by atoms with E-state index in [0.29, 0.717) is 5.56 Å². The Morgan fingerprint density at radius 3 is 1.85 bits per heavy atom. The minimum atomic E-state index is -0.190. The lowest BCUT2D eigenvalue weighted by Crippen LogP contribution is -1.86. The Balaban J connectivity index is 0.000000829. The van der Waals surface area contributed by atoms with Gasteiger partial charge in [0.25, 0.3) is 0 Å². The van der Waals surface area contributed by atoms with Gasteiger partial charge in [0.05, 0.1) is 7.11 Å². The van der Waals surface area contributed by atoms with Crippen molar-refractivity contribution in [1.82, 2.24) is 0 Å². The van der Waals surface area contributed by atoms with E-state index in [1.165, 1.54) is 0 Å². The Labute approximate surface area is 122 Å². The van der Waals surface area contributed by atoms with Crippen LogP contribution in [0.4, 0.5) is 4.39 Å². The molecule has 0 aliphatic carbocycles. The van der Waals surface area contributed by atoms with E-state index < -0.39 is 0 Å². The van der Waals surface area contributed by atoms with Gasteiger partial charge in [0.15, 0.2) is 0 Å². The number of aryl methyl sites for hydroxylation is 1. The van der Waals surface area contributed by atoms with Crippen LogP contribution < -0.4 is 4.74 Å². The van der Waals surface area contributed by atoms with E-state index in [-0.39, 0.29) is 5.82 Å². The van der Waals surface area contributed by atoms with Gasteiger partial charge >= 0.3 is 0 Å². The largest absolute Gasteiger partial charge is 0.497 e. The Hall–Kier alpha value is -1.83. The highest BCUT2D eigenvalue weighted by molar-refractivity contribution is 5.65. The number of rotatable bonds is 2. The third-order valence-corrected chi connectivity index (χ3v) is 2.53. The van der Waals surface area contributed by atoms with Gasteiger partial charge < -0.3 is 4.74 Å². The minimum absolute atomic E-state index is 0.190. The summed E-state index contributed by atoms with van der Waals surface area (Å²) in [7, 11) is 1.61. The first kappa shape index (κ1) is 18.2. The summed E-state index contributed by atoms with van der Waals surface area (Å²) in [5, 5.41) is 0. The van der Waals surface area contributed by atoms with Gasteiger partial charge in [0, 0.05) is 5.56 Å². The zero-order valence-corrected chi connectivity index (χ0v) is 13.3. The van der Waals surface area contributed by atoms with Gasteiger partial charge in [-0.1, -0.05) is 52.0 Å². The summed E-state index contributed by atoms with van der Waals surface area (Å²) in [4.78, 5) is 0. The number of benzene rings is 2. The highest BCUT2D eigenvalue weighted by Gasteiger charge is 2.04. The number of methoxy groups -OCH3 is 1. The van der Waals surface area contributed by atoms with Gasteiger partial charge in [-0.05, 0) is 36.2 Å². The SMILES string of the molecule is CC.CC.COc1ccc(-c2ccc(C)cc2F)cc1. The topological polar surface area (TPSA) is 9.23 Å². The first-order valence-corrected chi connectivity index (χ1v) is 7.11. The first-order valence-electron chi connectivity index (χ1n) is 7.11. The lowest BCUT2D eigenvalue weighted by atomic mass is 10.0. The van der Waals surface area contributed by atoms with Gasteiger partial charge in [0.1, 0.15) is 11.6 Å². The second-order valence-electron chi connectivity index (χ2n) is 3.71. The van der Waals surface area contributed by atoms with Gasteiger partial charge in [-0.25, -0.2) is 4.39 Å². The van der Waals surface area contributed by atoms with E-state index in [0.717, 1.165) is 16.9 Å². The Bertz CT molecular complexity index is 489.